The highest BCUT2D eigenvalue weighted by molar-refractivity contribution is 9.10. The number of ether oxygens (including phenoxy) is 1. The fourth-order valence-electron chi connectivity index (χ4n) is 2.79. The molecule has 0 aromatic heterocycles. The van der Waals surface area contributed by atoms with Gasteiger partial charge in [0.15, 0.2) is 0 Å². The molecule has 0 saturated heterocycles. The molecule has 0 aliphatic rings. The molecule has 0 unspecified atom stereocenters. The molecule has 2 aromatic carbocycles. The highest BCUT2D eigenvalue weighted by Gasteiger charge is 2.28. The van der Waals surface area contributed by atoms with Crippen LogP contribution in [0.15, 0.2) is 46.9 Å². The van der Waals surface area contributed by atoms with Crippen LogP contribution in [0.3, 0.4) is 0 Å². The van der Waals surface area contributed by atoms with Crippen molar-refractivity contribution in [3.63, 3.8) is 0 Å². The van der Waals surface area contributed by atoms with E-state index in [0.29, 0.717) is 6.61 Å². The number of rotatable bonds is 5. The minimum atomic E-state index is -0.614. The van der Waals surface area contributed by atoms with E-state index in [9.17, 15) is 4.79 Å². The first-order valence-electron chi connectivity index (χ1n) is 7.76. The Kier molecular flexibility index (Phi) is 6.02. The number of amides is 2. The topological polar surface area (TPSA) is 50.4 Å². The van der Waals surface area contributed by atoms with Crippen LogP contribution in [0.25, 0.3) is 0 Å². The van der Waals surface area contributed by atoms with Gasteiger partial charge in [0.1, 0.15) is 0 Å². The van der Waals surface area contributed by atoms with Crippen molar-refractivity contribution in [1.82, 2.24) is 5.32 Å². The van der Waals surface area contributed by atoms with Crippen molar-refractivity contribution >= 4 is 27.6 Å². The van der Waals surface area contributed by atoms with Crippen LogP contribution in [0.2, 0.25) is 0 Å². The number of aryl methyl sites for hydroxylation is 2. The molecule has 128 valence electrons. The summed E-state index contributed by atoms with van der Waals surface area (Å²) in [5, 5.41) is 6.00. The van der Waals surface area contributed by atoms with E-state index in [1.165, 1.54) is 0 Å². The van der Waals surface area contributed by atoms with Crippen molar-refractivity contribution in [3.8, 4) is 0 Å². The quantitative estimate of drug-likeness (QED) is 0.773. The van der Waals surface area contributed by atoms with Gasteiger partial charge in [-0.05, 0) is 49.6 Å². The van der Waals surface area contributed by atoms with Gasteiger partial charge in [0.05, 0.1) is 12.1 Å². The van der Waals surface area contributed by atoms with E-state index in [4.69, 9.17) is 4.74 Å². The first-order chi connectivity index (χ1) is 11.4. The molecule has 4 nitrogen and oxygen atoms in total. The summed E-state index contributed by atoms with van der Waals surface area (Å²) in [5.41, 5.74) is 3.21. The van der Waals surface area contributed by atoms with E-state index < -0.39 is 5.54 Å². The molecule has 5 heteroatoms. The Bertz CT molecular complexity index is 696. The molecule has 0 aliphatic heterocycles. The van der Waals surface area contributed by atoms with Crippen molar-refractivity contribution in [2.75, 3.05) is 19.0 Å². The van der Waals surface area contributed by atoms with Crippen LogP contribution in [-0.2, 0) is 10.3 Å². The van der Waals surface area contributed by atoms with Crippen LogP contribution in [0, 0.1) is 13.8 Å². The third-order valence-corrected chi connectivity index (χ3v) is 4.43. The number of benzene rings is 2. The average molecular weight is 391 g/mol. The Balaban J connectivity index is 2.21. The molecule has 24 heavy (non-hydrogen) atoms. The molecule has 2 rings (SSSR count). The second kappa shape index (κ2) is 7.81. The third-order valence-electron chi connectivity index (χ3n) is 3.97. The lowest BCUT2D eigenvalue weighted by molar-refractivity contribution is 0.123. The lowest BCUT2D eigenvalue weighted by Gasteiger charge is -2.31. The Labute approximate surface area is 151 Å². The minimum Gasteiger partial charge on any atom is -0.382 e. The Morgan fingerprint density at radius 3 is 2.29 bits per heavy atom. The van der Waals surface area contributed by atoms with Gasteiger partial charge in [0.25, 0.3) is 0 Å². The number of carbonyl (C=O) groups excluding carboxylic acids is 1. The van der Waals surface area contributed by atoms with E-state index in [1.807, 2.05) is 63.2 Å². The van der Waals surface area contributed by atoms with Crippen molar-refractivity contribution in [1.29, 1.82) is 0 Å². The van der Waals surface area contributed by atoms with Crippen molar-refractivity contribution < 1.29 is 9.53 Å². The molecule has 0 aliphatic carbocycles. The fraction of sp³-hybridized carbons (Fsp3) is 0.316. The molecule has 0 bridgehead atoms. The molecular weight excluding hydrogens is 368 g/mol. The lowest BCUT2D eigenvalue weighted by Crippen LogP contribution is -2.48. The number of nitrogens with one attached hydrogen (secondary N) is 2. The maximum Gasteiger partial charge on any atom is 0.320 e. The number of methoxy groups -OCH3 is 1. The van der Waals surface area contributed by atoms with Gasteiger partial charge in [0, 0.05) is 17.3 Å². The third kappa shape index (κ3) is 4.36. The van der Waals surface area contributed by atoms with Crippen LogP contribution >= 0.6 is 15.9 Å². The number of halogens is 1. The number of urea groups is 1. The van der Waals surface area contributed by atoms with E-state index in [2.05, 4.69) is 26.6 Å². The van der Waals surface area contributed by atoms with Crippen molar-refractivity contribution in [2.24, 2.45) is 0 Å². The van der Waals surface area contributed by atoms with Crippen LogP contribution in [0.4, 0.5) is 10.5 Å². The average Bonchev–Trinajstić information content (AvgIpc) is 2.52. The zero-order chi connectivity index (χ0) is 17.7. The molecule has 1 atom stereocenters. The van der Waals surface area contributed by atoms with Crippen LogP contribution in [0.5, 0.6) is 0 Å². The Morgan fingerprint density at radius 1 is 1.17 bits per heavy atom. The molecule has 0 saturated carbocycles. The lowest BCUT2D eigenvalue weighted by atomic mass is 9.93. The Morgan fingerprint density at radius 2 is 1.75 bits per heavy atom. The molecule has 0 radical (unpaired) electrons. The molecule has 2 N–H and O–H groups in total. The summed E-state index contributed by atoms with van der Waals surface area (Å²) in [6.07, 6.45) is 0. The predicted molar refractivity (Wildman–Crippen MR) is 101 cm³/mol. The van der Waals surface area contributed by atoms with Gasteiger partial charge in [-0.15, -0.1) is 0 Å². The Hall–Kier alpha value is -1.85. The number of anilines is 1. The molecule has 0 spiro atoms. The maximum absolute atomic E-state index is 12.6. The van der Waals surface area contributed by atoms with Gasteiger partial charge < -0.3 is 15.4 Å². The molecular formula is C19H23BrN2O2. The summed E-state index contributed by atoms with van der Waals surface area (Å²) >= 11 is 3.47. The summed E-state index contributed by atoms with van der Waals surface area (Å²) in [6, 6.07) is 13.5. The van der Waals surface area contributed by atoms with Gasteiger partial charge in [0.2, 0.25) is 0 Å². The van der Waals surface area contributed by atoms with Crippen LogP contribution in [-0.4, -0.2) is 19.7 Å². The normalized spacial score (nSPS) is 13.2. The summed E-state index contributed by atoms with van der Waals surface area (Å²) in [6.45, 7) is 6.27. The number of carbonyl (C=O) groups is 1. The molecule has 2 amide bonds. The smallest absolute Gasteiger partial charge is 0.320 e. The van der Waals surface area contributed by atoms with Crippen LogP contribution < -0.4 is 10.6 Å². The maximum atomic E-state index is 12.6. The van der Waals surface area contributed by atoms with Gasteiger partial charge in [-0.2, -0.15) is 0 Å². The fourth-order valence-corrected chi connectivity index (χ4v) is 3.48. The second-order valence-corrected chi connectivity index (χ2v) is 7.04. The zero-order valence-electron chi connectivity index (χ0n) is 14.4. The number of hydrogen-bond acceptors (Lipinski definition) is 2. The van der Waals surface area contributed by atoms with E-state index in [1.54, 1.807) is 7.11 Å². The second-order valence-electron chi connectivity index (χ2n) is 6.12. The summed E-state index contributed by atoms with van der Waals surface area (Å²) in [5.74, 6) is 0. The van der Waals surface area contributed by atoms with Crippen molar-refractivity contribution in [3.05, 3.63) is 63.6 Å². The molecule has 2 aromatic rings. The molecule has 0 heterocycles. The first kappa shape index (κ1) is 18.5. The highest BCUT2D eigenvalue weighted by atomic mass is 79.9. The van der Waals surface area contributed by atoms with E-state index in [0.717, 1.165) is 26.9 Å². The largest absolute Gasteiger partial charge is 0.382 e. The SMILES string of the molecule is COC[C@](C)(NC(=O)Nc1c(C)cc(Br)cc1C)c1ccccc1. The standard InChI is InChI=1S/C19H23BrN2O2/c1-13-10-16(20)11-14(2)17(13)21-18(23)22-19(3,12-24-4)15-8-6-5-7-9-15/h5-11H,12H2,1-4H3,(H2,21,22,23)/t19-/m0/s1. The summed E-state index contributed by atoms with van der Waals surface area (Å²) in [7, 11) is 1.63. The van der Waals surface area contributed by atoms with E-state index >= 15 is 0 Å². The number of hydrogen-bond donors (Lipinski definition) is 2. The molecule has 0 fully saturated rings. The first-order valence-corrected chi connectivity index (χ1v) is 8.55. The van der Waals surface area contributed by atoms with Gasteiger partial charge in [-0.25, -0.2) is 4.79 Å². The zero-order valence-corrected chi connectivity index (χ0v) is 16.0. The summed E-state index contributed by atoms with van der Waals surface area (Å²) < 4.78 is 6.32. The van der Waals surface area contributed by atoms with Gasteiger partial charge in [-0.1, -0.05) is 46.3 Å². The summed E-state index contributed by atoms with van der Waals surface area (Å²) in [4.78, 5) is 12.6. The highest BCUT2D eigenvalue weighted by Crippen LogP contribution is 2.26. The van der Waals surface area contributed by atoms with Crippen LogP contribution in [0.1, 0.15) is 23.6 Å². The predicted octanol–water partition coefficient (Wildman–Crippen LogP) is 4.75. The van der Waals surface area contributed by atoms with Gasteiger partial charge >= 0.3 is 6.03 Å². The van der Waals surface area contributed by atoms with E-state index in [-0.39, 0.29) is 6.03 Å². The minimum absolute atomic E-state index is 0.257. The van der Waals surface area contributed by atoms with Crippen molar-refractivity contribution in [2.45, 2.75) is 26.3 Å². The van der Waals surface area contributed by atoms with Gasteiger partial charge in [-0.3, -0.25) is 0 Å². The monoisotopic (exact) mass is 390 g/mol.